The highest BCUT2D eigenvalue weighted by atomic mass is 16.1. The molecule has 1 fully saturated rings. The number of fused-ring (bicyclic) bond motifs is 1. The van der Waals surface area contributed by atoms with Gasteiger partial charge in [-0.05, 0) is 67.8 Å². The summed E-state index contributed by atoms with van der Waals surface area (Å²) in [5.74, 6) is 0.762. The van der Waals surface area contributed by atoms with E-state index in [1.807, 2.05) is 0 Å². The van der Waals surface area contributed by atoms with Crippen LogP contribution in [0.25, 0.3) is 10.9 Å². The van der Waals surface area contributed by atoms with Gasteiger partial charge in [0.1, 0.15) is 6.54 Å². The molecule has 118 valence electrons. The van der Waals surface area contributed by atoms with Gasteiger partial charge in [0.2, 0.25) is 0 Å². The lowest BCUT2D eigenvalue weighted by molar-refractivity contribution is -0.712. The van der Waals surface area contributed by atoms with Crippen molar-refractivity contribution < 1.29 is 5.32 Å². The molecule has 0 saturated heterocycles. The molecule has 0 radical (unpaired) electrons. The Hall–Kier alpha value is -1.61. The van der Waals surface area contributed by atoms with Gasteiger partial charge in [-0.1, -0.05) is 13.3 Å². The predicted molar refractivity (Wildman–Crippen MR) is 91.1 cm³/mol. The zero-order valence-electron chi connectivity index (χ0n) is 13.9. The van der Waals surface area contributed by atoms with Crippen LogP contribution in [0.2, 0.25) is 0 Å². The molecule has 3 nitrogen and oxygen atoms in total. The number of quaternary nitrogens is 1. The minimum Gasteiger partial charge on any atom is -0.340 e. The summed E-state index contributed by atoms with van der Waals surface area (Å²) in [7, 11) is 0. The van der Waals surface area contributed by atoms with Gasteiger partial charge in [0.15, 0.2) is 0 Å². The molecule has 1 aliphatic carbocycles. The molecule has 1 aromatic heterocycles. The van der Waals surface area contributed by atoms with Crippen LogP contribution in [-0.4, -0.2) is 11.0 Å². The van der Waals surface area contributed by atoms with Crippen molar-refractivity contribution >= 4 is 10.9 Å². The van der Waals surface area contributed by atoms with Gasteiger partial charge < -0.3 is 10.3 Å². The summed E-state index contributed by atoms with van der Waals surface area (Å²) in [5, 5.41) is 3.52. The van der Waals surface area contributed by atoms with Crippen LogP contribution in [-0.2, 0) is 6.54 Å². The molecule has 0 amide bonds. The number of hydrogen-bond acceptors (Lipinski definition) is 1. The topological polar surface area (TPSA) is 49.5 Å². The van der Waals surface area contributed by atoms with Crippen molar-refractivity contribution in [1.82, 2.24) is 4.98 Å². The predicted octanol–water partition coefficient (Wildman–Crippen LogP) is 2.79. The maximum atomic E-state index is 12.3. The summed E-state index contributed by atoms with van der Waals surface area (Å²) in [6, 6.07) is 6.99. The number of aromatic amines is 1. The first-order chi connectivity index (χ1) is 10.5. The molecule has 2 atom stereocenters. The SMILES string of the molecule is Cc1cc2cc(C[NH2+][C@@H]3CCCC[C@H]3C)c(=O)[nH]c2cc1C. The third-order valence-electron chi connectivity index (χ3n) is 5.35. The first-order valence-electron chi connectivity index (χ1n) is 8.51. The van der Waals surface area contributed by atoms with Crippen LogP contribution in [0.1, 0.15) is 49.3 Å². The Morgan fingerprint density at radius 1 is 1.14 bits per heavy atom. The van der Waals surface area contributed by atoms with E-state index in [0.717, 1.165) is 28.9 Å². The second kappa shape index (κ2) is 6.25. The number of nitrogens with one attached hydrogen (secondary N) is 1. The summed E-state index contributed by atoms with van der Waals surface area (Å²) in [6.45, 7) is 7.33. The fourth-order valence-electron chi connectivity index (χ4n) is 3.65. The summed E-state index contributed by atoms with van der Waals surface area (Å²) >= 11 is 0. The van der Waals surface area contributed by atoms with E-state index < -0.39 is 0 Å². The van der Waals surface area contributed by atoms with Crippen LogP contribution in [0.5, 0.6) is 0 Å². The van der Waals surface area contributed by atoms with Crippen molar-refractivity contribution in [1.29, 1.82) is 0 Å². The second-order valence-corrected chi connectivity index (χ2v) is 7.01. The Balaban J connectivity index is 1.83. The van der Waals surface area contributed by atoms with Gasteiger partial charge in [-0.15, -0.1) is 0 Å². The fraction of sp³-hybridized carbons (Fsp3) is 0.526. The van der Waals surface area contributed by atoms with Gasteiger partial charge >= 0.3 is 0 Å². The number of pyridine rings is 1. The number of H-pyrrole nitrogens is 1. The van der Waals surface area contributed by atoms with Crippen molar-refractivity contribution in [3.05, 3.63) is 45.2 Å². The van der Waals surface area contributed by atoms with Gasteiger partial charge in [-0.25, -0.2) is 0 Å². The Kier molecular flexibility index (Phi) is 4.34. The van der Waals surface area contributed by atoms with Gasteiger partial charge in [0.05, 0.1) is 11.6 Å². The average molecular weight is 299 g/mol. The van der Waals surface area contributed by atoms with Crippen molar-refractivity contribution in [3.8, 4) is 0 Å². The molecule has 0 aliphatic heterocycles. The lowest BCUT2D eigenvalue weighted by Crippen LogP contribution is -2.90. The third kappa shape index (κ3) is 3.09. The molecular weight excluding hydrogens is 272 g/mol. The molecule has 1 aromatic carbocycles. The Bertz CT molecular complexity index is 732. The summed E-state index contributed by atoms with van der Waals surface area (Å²) in [5.41, 5.74) is 4.40. The van der Waals surface area contributed by atoms with Crippen molar-refractivity contribution in [3.63, 3.8) is 0 Å². The smallest absolute Gasteiger partial charge is 0.257 e. The molecule has 3 N–H and O–H groups in total. The first kappa shape index (κ1) is 15.3. The van der Waals surface area contributed by atoms with Crippen LogP contribution in [0, 0.1) is 19.8 Å². The third-order valence-corrected chi connectivity index (χ3v) is 5.35. The lowest BCUT2D eigenvalue weighted by Gasteiger charge is -2.26. The molecule has 2 aromatic rings. The lowest BCUT2D eigenvalue weighted by atomic mass is 9.86. The van der Waals surface area contributed by atoms with E-state index >= 15 is 0 Å². The number of aromatic nitrogens is 1. The maximum Gasteiger partial charge on any atom is 0.257 e. The summed E-state index contributed by atoms with van der Waals surface area (Å²) < 4.78 is 0. The van der Waals surface area contributed by atoms with Crippen molar-refractivity contribution in [2.75, 3.05) is 0 Å². The molecule has 0 spiro atoms. The van der Waals surface area contributed by atoms with E-state index in [0.29, 0.717) is 6.04 Å². The van der Waals surface area contributed by atoms with Crippen LogP contribution in [0.15, 0.2) is 23.0 Å². The molecule has 22 heavy (non-hydrogen) atoms. The monoisotopic (exact) mass is 299 g/mol. The van der Waals surface area contributed by atoms with Crippen LogP contribution >= 0.6 is 0 Å². The van der Waals surface area contributed by atoms with E-state index in [9.17, 15) is 4.79 Å². The minimum absolute atomic E-state index is 0.0652. The molecule has 0 bridgehead atoms. The molecule has 1 heterocycles. The van der Waals surface area contributed by atoms with E-state index in [2.05, 4.69) is 49.3 Å². The normalized spacial score (nSPS) is 22.1. The highest BCUT2D eigenvalue weighted by Crippen LogP contribution is 2.21. The van der Waals surface area contributed by atoms with Gasteiger partial charge in [-0.3, -0.25) is 4.79 Å². The standard InChI is InChI=1S/C19H26N2O/c1-12-6-4-5-7-17(12)20-11-16-10-15-8-13(2)14(3)9-18(15)21-19(16)22/h8-10,12,17,20H,4-7,11H2,1-3H3,(H,21,22)/p+1/t12-,17-/m1/s1. The largest absolute Gasteiger partial charge is 0.340 e. The van der Waals surface area contributed by atoms with Crippen LogP contribution in [0.4, 0.5) is 0 Å². The number of hydrogen-bond donors (Lipinski definition) is 2. The number of aryl methyl sites for hydroxylation is 2. The van der Waals surface area contributed by atoms with Crippen LogP contribution < -0.4 is 10.9 Å². The van der Waals surface area contributed by atoms with Crippen molar-refractivity contribution in [2.24, 2.45) is 5.92 Å². The molecule has 1 aliphatic rings. The second-order valence-electron chi connectivity index (χ2n) is 7.01. The average Bonchev–Trinajstić information content (AvgIpc) is 2.48. The summed E-state index contributed by atoms with van der Waals surface area (Å²) in [4.78, 5) is 15.4. The van der Waals surface area contributed by atoms with Crippen LogP contribution in [0.3, 0.4) is 0 Å². The molecular formula is C19H27N2O+. The van der Waals surface area contributed by atoms with E-state index in [1.165, 1.54) is 36.8 Å². The zero-order chi connectivity index (χ0) is 15.7. The first-order valence-corrected chi connectivity index (χ1v) is 8.51. The van der Waals surface area contributed by atoms with Gasteiger partial charge in [0.25, 0.3) is 5.56 Å². The van der Waals surface area contributed by atoms with Gasteiger partial charge in [-0.2, -0.15) is 0 Å². The highest BCUT2D eigenvalue weighted by molar-refractivity contribution is 5.80. The molecule has 3 rings (SSSR count). The minimum atomic E-state index is 0.0652. The Morgan fingerprint density at radius 3 is 2.64 bits per heavy atom. The zero-order valence-corrected chi connectivity index (χ0v) is 13.9. The number of rotatable bonds is 3. The quantitative estimate of drug-likeness (QED) is 0.899. The molecule has 3 heteroatoms. The maximum absolute atomic E-state index is 12.3. The number of nitrogens with two attached hydrogens (primary N) is 1. The fourth-order valence-corrected chi connectivity index (χ4v) is 3.65. The van der Waals surface area contributed by atoms with Gasteiger partial charge in [0, 0.05) is 11.4 Å². The Labute approximate surface area is 132 Å². The van der Waals surface area contributed by atoms with E-state index in [4.69, 9.17) is 0 Å². The highest BCUT2D eigenvalue weighted by Gasteiger charge is 2.24. The van der Waals surface area contributed by atoms with E-state index in [1.54, 1.807) is 0 Å². The van der Waals surface area contributed by atoms with Crippen molar-refractivity contribution in [2.45, 2.75) is 59.0 Å². The molecule has 0 unspecified atom stereocenters. The number of benzene rings is 1. The Morgan fingerprint density at radius 2 is 1.86 bits per heavy atom. The van der Waals surface area contributed by atoms with E-state index in [-0.39, 0.29) is 5.56 Å². The summed E-state index contributed by atoms with van der Waals surface area (Å²) in [6.07, 6.45) is 5.30. The molecule has 1 saturated carbocycles.